The quantitative estimate of drug-likeness (QED) is 0.611. The smallest absolute Gasteiger partial charge is 0.308 e. The second kappa shape index (κ2) is 6.43. The predicted molar refractivity (Wildman–Crippen MR) is 107 cm³/mol. The first-order chi connectivity index (χ1) is 12.5. The summed E-state index contributed by atoms with van der Waals surface area (Å²) in [7, 11) is 3.47. The van der Waals surface area contributed by atoms with Gasteiger partial charge in [0.05, 0.1) is 16.6 Å². The number of rotatable bonds is 1. The Morgan fingerprint density at radius 2 is 1.73 bits per heavy atom. The third-order valence-electron chi connectivity index (χ3n) is 5.20. The third kappa shape index (κ3) is 2.60. The highest BCUT2D eigenvalue weighted by molar-refractivity contribution is 9.10. The first kappa shape index (κ1) is 17.1. The summed E-state index contributed by atoms with van der Waals surface area (Å²) in [6, 6.07) is 11.8. The van der Waals surface area contributed by atoms with E-state index in [2.05, 4.69) is 22.0 Å². The van der Waals surface area contributed by atoms with E-state index >= 15 is 0 Å². The van der Waals surface area contributed by atoms with Crippen LogP contribution in [-0.2, 0) is 20.5 Å². The van der Waals surface area contributed by atoms with Gasteiger partial charge in [0.2, 0.25) is 0 Å². The van der Waals surface area contributed by atoms with Crippen LogP contribution in [-0.4, -0.2) is 21.6 Å². The summed E-state index contributed by atoms with van der Waals surface area (Å²) in [6.07, 6.45) is 3.05. The maximum absolute atomic E-state index is 13.4. The van der Waals surface area contributed by atoms with Crippen LogP contribution in [0.1, 0.15) is 28.8 Å². The van der Waals surface area contributed by atoms with E-state index in [4.69, 9.17) is 0 Å². The van der Waals surface area contributed by atoms with Crippen molar-refractivity contribution in [2.75, 3.05) is 11.4 Å². The van der Waals surface area contributed by atoms with Gasteiger partial charge in [-0.1, -0.05) is 18.2 Å². The number of aromatic nitrogens is 2. The molecule has 0 saturated heterocycles. The van der Waals surface area contributed by atoms with Gasteiger partial charge in [-0.3, -0.25) is 13.9 Å². The summed E-state index contributed by atoms with van der Waals surface area (Å²) >= 11 is 3.54. The molecule has 2 aromatic carbocycles. The van der Waals surface area contributed by atoms with Gasteiger partial charge in [-0.05, 0) is 59.0 Å². The molecule has 0 saturated carbocycles. The van der Waals surface area contributed by atoms with Crippen LogP contribution in [0.3, 0.4) is 0 Å². The molecule has 0 atom stereocenters. The summed E-state index contributed by atoms with van der Waals surface area (Å²) < 4.78 is 3.88. The van der Waals surface area contributed by atoms with E-state index in [9.17, 15) is 9.59 Å². The summed E-state index contributed by atoms with van der Waals surface area (Å²) in [5.41, 5.74) is 4.24. The van der Waals surface area contributed by atoms with Gasteiger partial charge in [0.1, 0.15) is 0 Å². The highest BCUT2D eigenvalue weighted by Crippen LogP contribution is 2.30. The molecule has 0 N–H and O–H groups in total. The molecular formula is C20H20BrN3O2. The normalized spacial score (nSPS) is 14.3. The van der Waals surface area contributed by atoms with E-state index in [0.717, 1.165) is 36.0 Å². The van der Waals surface area contributed by atoms with Crippen molar-refractivity contribution in [2.45, 2.75) is 19.3 Å². The molecule has 1 aliphatic heterocycles. The fourth-order valence-corrected chi connectivity index (χ4v) is 4.23. The number of aryl methyl sites for hydroxylation is 3. The molecule has 3 aromatic rings. The third-order valence-corrected chi connectivity index (χ3v) is 5.85. The minimum Gasteiger partial charge on any atom is -0.308 e. The van der Waals surface area contributed by atoms with Gasteiger partial charge < -0.3 is 4.90 Å². The Bertz CT molecular complexity index is 1080. The standard InChI is InChI=1S/C20H20BrN3O2/c1-22-17-11-14(15(21)12-18(17)23(2)20(22)26)19(25)24-10-6-5-8-13-7-3-4-9-16(13)24/h3-4,7,9,11-12H,5-6,8,10H2,1-2H3. The second-order valence-electron chi connectivity index (χ2n) is 6.76. The maximum atomic E-state index is 13.4. The Balaban J connectivity index is 1.85. The van der Waals surface area contributed by atoms with Crippen molar-refractivity contribution >= 4 is 38.6 Å². The number of para-hydroxylation sites is 1. The number of benzene rings is 2. The van der Waals surface area contributed by atoms with Gasteiger partial charge >= 0.3 is 5.69 Å². The number of imidazole rings is 1. The molecule has 2 heterocycles. The zero-order chi connectivity index (χ0) is 18.4. The van der Waals surface area contributed by atoms with Crippen molar-refractivity contribution in [3.63, 3.8) is 0 Å². The van der Waals surface area contributed by atoms with Crippen molar-refractivity contribution in [1.29, 1.82) is 0 Å². The highest BCUT2D eigenvalue weighted by atomic mass is 79.9. The lowest BCUT2D eigenvalue weighted by molar-refractivity contribution is 0.0986. The molecule has 0 spiro atoms. The largest absolute Gasteiger partial charge is 0.328 e. The van der Waals surface area contributed by atoms with Gasteiger partial charge in [0.15, 0.2) is 0 Å². The van der Waals surface area contributed by atoms with Gasteiger partial charge in [-0.2, -0.15) is 0 Å². The van der Waals surface area contributed by atoms with Crippen LogP contribution in [0, 0.1) is 0 Å². The van der Waals surface area contributed by atoms with Gasteiger partial charge in [0, 0.05) is 30.8 Å². The molecule has 0 unspecified atom stereocenters. The molecule has 26 heavy (non-hydrogen) atoms. The summed E-state index contributed by atoms with van der Waals surface area (Å²) in [5, 5.41) is 0. The van der Waals surface area contributed by atoms with Crippen molar-refractivity contribution < 1.29 is 4.79 Å². The Hall–Kier alpha value is -2.34. The molecule has 1 aromatic heterocycles. The Morgan fingerprint density at radius 3 is 2.50 bits per heavy atom. The van der Waals surface area contributed by atoms with Crippen LogP contribution in [0.2, 0.25) is 0 Å². The maximum Gasteiger partial charge on any atom is 0.328 e. The van der Waals surface area contributed by atoms with E-state index in [-0.39, 0.29) is 11.6 Å². The number of hydrogen-bond acceptors (Lipinski definition) is 2. The molecular weight excluding hydrogens is 394 g/mol. The average Bonchev–Trinajstić information content (AvgIpc) is 2.82. The number of hydrogen-bond donors (Lipinski definition) is 0. The van der Waals surface area contributed by atoms with E-state index in [1.165, 1.54) is 5.56 Å². The monoisotopic (exact) mass is 413 g/mol. The van der Waals surface area contributed by atoms with Crippen LogP contribution in [0.15, 0.2) is 45.7 Å². The van der Waals surface area contributed by atoms with Gasteiger partial charge in [0.25, 0.3) is 5.91 Å². The Morgan fingerprint density at radius 1 is 1.04 bits per heavy atom. The molecule has 134 valence electrons. The molecule has 0 bridgehead atoms. The first-order valence-corrected chi connectivity index (χ1v) is 9.53. The lowest BCUT2D eigenvalue weighted by Gasteiger charge is -2.23. The molecule has 6 heteroatoms. The average molecular weight is 414 g/mol. The molecule has 1 amide bonds. The number of amides is 1. The van der Waals surface area contributed by atoms with Crippen LogP contribution in [0.4, 0.5) is 5.69 Å². The number of anilines is 1. The summed E-state index contributed by atoms with van der Waals surface area (Å²) in [6.45, 7) is 0.702. The molecule has 0 fully saturated rings. The number of fused-ring (bicyclic) bond motifs is 2. The zero-order valence-electron chi connectivity index (χ0n) is 14.8. The summed E-state index contributed by atoms with van der Waals surface area (Å²) in [4.78, 5) is 27.5. The highest BCUT2D eigenvalue weighted by Gasteiger charge is 2.25. The van der Waals surface area contributed by atoms with Crippen LogP contribution in [0.25, 0.3) is 11.0 Å². The first-order valence-electron chi connectivity index (χ1n) is 8.74. The number of carbonyl (C=O) groups is 1. The fraction of sp³-hybridized carbons (Fsp3) is 0.300. The number of nitrogens with zero attached hydrogens (tertiary/aromatic N) is 3. The predicted octanol–water partition coefficient (Wildman–Crippen LogP) is 3.62. The van der Waals surface area contributed by atoms with Crippen molar-refractivity contribution in [2.24, 2.45) is 14.1 Å². The van der Waals surface area contributed by atoms with Gasteiger partial charge in [-0.25, -0.2) is 4.79 Å². The fourth-order valence-electron chi connectivity index (χ4n) is 3.73. The minimum atomic E-state index is -0.100. The van der Waals surface area contributed by atoms with E-state index < -0.39 is 0 Å². The molecule has 0 radical (unpaired) electrons. The van der Waals surface area contributed by atoms with E-state index in [1.807, 2.05) is 35.2 Å². The Labute approximate surface area is 160 Å². The lowest BCUT2D eigenvalue weighted by Crippen LogP contribution is -2.32. The van der Waals surface area contributed by atoms with Crippen LogP contribution in [0.5, 0.6) is 0 Å². The molecule has 4 rings (SSSR count). The molecule has 0 aliphatic carbocycles. The SMILES string of the molecule is Cn1c(=O)n(C)c2cc(C(=O)N3CCCCc4ccccc43)c(Br)cc21. The van der Waals surface area contributed by atoms with Crippen molar-refractivity contribution in [3.8, 4) is 0 Å². The van der Waals surface area contributed by atoms with E-state index in [0.29, 0.717) is 16.6 Å². The summed E-state index contributed by atoms with van der Waals surface area (Å²) in [5.74, 6) is -0.0376. The van der Waals surface area contributed by atoms with Crippen LogP contribution < -0.4 is 10.6 Å². The number of carbonyl (C=O) groups excluding carboxylic acids is 1. The molecule has 1 aliphatic rings. The lowest BCUT2D eigenvalue weighted by atomic mass is 10.1. The topological polar surface area (TPSA) is 47.2 Å². The van der Waals surface area contributed by atoms with E-state index in [1.54, 1.807) is 23.2 Å². The Kier molecular flexibility index (Phi) is 4.23. The minimum absolute atomic E-state index is 0.0376. The molecule has 5 nitrogen and oxygen atoms in total. The van der Waals surface area contributed by atoms with Crippen molar-refractivity contribution in [3.05, 3.63) is 62.5 Å². The van der Waals surface area contributed by atoms with Crippen LogP contribution >= 0.6 is 15.9 Å². The van der Waals surface area contributed by atoms with Crippen molar-refractivity contribution in [1.82, 2.24) is 9.13 Å². The zero-order valence-corrected chi connectivity index (χ0v) is 16.4. The van der Waals surface area contributed by atoms with Gasteiger partial charge in [-0.15, -0.1) is 0 Å². The number of halogens is 1. The second-order valence-corrected chi connectivity index (χ2v) is 7.62.